The van der Waals surface area contributed by atoms with Gasteiger partial charge in [0, 0.05) is 21.8 Å². The molecule has 0 aliphatic rings. The van der Waals surface area contributed by atoms with E-state index >= 15 is 0 Å². The van der Waals surface area contributed by atoms with E-state index in [0.717, 1.165) is 15.6 Å². The first-order valence-electron chi connectivity index (χ1n) is 7.80. The molecule has 130 valence electrons. The molecule has 0 N–H and O–H groups in total. The van der Waals surface area contributed by atoms with Crippen LogP contribution in [0.2, 0.25) is 5.15 Å². The minimum atomic E-state index is -0.514. The molecule has 0 amide bonds. The number of fused-ring (bicyclic) bond motifs is 1. The van der Waals surface area contributed by atoms with Gasteiger partial charge < -0.3 is 9.47 Å². The number of hydrogen-bond donors (Lipinski definition) is 0. The van der Waals surface area contributed by atoms with Crippen molar-refractivity contribution in [3.63, 3.8) is 0 Å². The lowest BCUT2D eigenvalue weighted by molar-refractivity contribution is 0.00695. The molecule has 0 fully saturated rings. The number of thiophene rings is 1. The zero-order valence-electron chi connectivity index (χ0n) is 14.2. The predicted molar refractivity (Wildman–Crippen MR) is 101 cm³/mol. The summed E-state index contributed by atoms with van der Waals surface area (Å²) >= 11 is 7.79. The molecule has 1 aromatic carbocycles. The lowest BCUT2D eigenvalue weighted by Crippen LogP contribution is -2.23. The van der Waals surface area contributed by atoms with Crippen LogP contribution in [0.25, 0.3) is 10.1 Å². The largest absolute Gasteiger partial charge is 0.489 e. The zero-order chi connectivity index (χ0) is 18.0. The fourth-order valence-corrected chi connectivity index (χ4v) is 3.57. The second kappa shape index (κ2) is 7.02. The Labute approximate surface area is 155 Å². The molecule has 0 aliphatic heterocycles. The first kappa shape index (κ1) is 17.7. The van der Waals surface area contributed by atoms with E-state index in [4.69, 9.17) is 21.1 Å². The smallest absolute Gasteiger partial charge is 0.338 e. The lowest BCUT2D eigenvalue weighted by Gasteiger charge is -2.19. The van der Waals surface area contributed by atoms with Crippen LogP contribution in [0.3, 0.4) is 0 Å². The number of benzene rings is 1. The highest BCUT2D eigenvalue weighted by Crippen LogP contribution is 2.31. The molecule has 0 unspecified atom stereocenters. The molecular formula is C19H18ClNO3S. The monoisotopic (exact) mass is 375 g/mol. The van der Waals surface area contributed by atoms with Gasteiger partial charge in [-0.3, -0.25) is 0 Å². The van der Waals surface area contributed by atoms with Crippen LogP contribution in [0.5, 0.6) is 5.75 Å². The van der Waals surface area contributed by atoms with E-state index in [-0.39, 0.29) is 5.97 Å². The van der Waals surface area contributed by atoms with Crippen LogP contribution in [-0.4, -0.2) is 16.6 Å². The highest BCUT2D eigenvalue weighted by atomic mass is 35.5. The van der Waals surface area contributed by atoms with Crippen LogP contribution in [0.4, 0.5) is 0 Å². The molecule has 3 aromatic rings. The predicted octanol–water partition coefficient (Wildman–Crippen LogP) is 5.48. The standard InChI is InChI=1S/C19H18ClNO3S/c1-19(2,3)24-18(22)12-4-6-14(7-5-12)23-10-13-11-25-15-8-9-21-17(20)16(13)15/h4-9,11H,10H2,1-3H3. The molecule has 2 aromatic heterocycles. The molecule has 0 saturated heterocycles. The molecule has 0 bridgehead atoms. The van der Waals surface area contributed by atoms with Crippen molar-refractivity contribution in [2.75, 3.05) is 0 Å². The van der Waals surface area contributed by atoms with Crippen molar-refractivity contribution in [3.8, 4) is 5.75 Å². The van der Waals surface area contributed by atoms with Crippen molar-refractivity contribution in [1.82, 2.24) is 4.98 Å². The van der Waals surface area contributed by atoms with Gasteiger partial charge in [-0.15, -0.1) is 11.3 Å². The van der Waals surface area contributed by atoms with E-state index in [0.29, 0.717) is 23.1 Å². The molecule has 0 radical (unpaired) electrons. The van der Waals surface area contributed by atoms with Gasteiger partial charge in [0.25, 0.3) is 0 Å². The number of esters is 1. The van der Waals surface area contributed by atoms with Gasteiger partial charge in [-0.25, -0.2) is 9.78 Å². The van der Waals surface area contributed by atoms with Crippen LogP contribution in [0, 0.1) is 0 Å². The summed E-state index contributed by atoms with van der Waals surface area (Å²) in [6.45, 7) is 5.91. The van der Waals surface area contributed by atoms with Crippen LogP contribution in [-0.2, 0) is 11.3 Å². The van der Waals surface area contributed by atoms with Crippen LogP contribution in [0.1, 0.15) is 36.7 Å². The summed E-state index contributed by atoms with van der Waals surface area (Å²) in [5.74, 6) is 0.326. The highest BCUT2D eigenvalue weighted by Gasteiger charge is 2.17. The van der Waals surface area contributed by atoms with Gasteiger partial charge in [-0.2, -0.15) is 0 Å². The van der Waals surface area contributed by atoms with E-state index in [1.807, 2.05) is 32.2 Å². The molecule has 4 nitrogen and oxygen atoms in total. The average Bonchev–Trinajstić information content (AvgIpc) is 2.96. The topological polar surface area (TPSA) is 48.4 Å². The molecule has 0 saturated carbocycles. The summed E-state index contributed by atoms with van der Waals surface area (Å²) in [4.78, 5) is 16.1. The number of carbonyl (C=O) groups is 1. The summed E-state index contributed by atoms with van der Waals surface area (Å²) in [6.07, 6.45) is 1.70. The number of ether oxygens (including phenoxy) is 2. The number of aromatic nitrogens is 1. The minimum absolute atomic E-state index is 0.347. The quantitative estimate of drug-likeness (QED) is 0.447. The Kier molecular flexibility index (Phi) is 4.97. The number of hydrogen-bond acceptors (Lipinski definition) is 5. The molecule has 0 spiro atoms. The SMILES string of the molecule is CC(C)(C)OC(=O)c1ccc(OCc2csc3ccnc(Cl)c23)cc1. The first-order valence-corrected chi connectivity index (χ1v) is 9.06. The fourth-order valence-electron chi connectivity index (χ4n) is 2.29. The summed E-state index contributed by atoms with van der Waals surface area (Å²) < 4.78 is 12.2. The number of carbonyl (C=O) groups excluding carboxylic acids is 1. The van der Waals surface area contributed by atoms with Gasteiger partial charge in [0.2, 0.25) is 0 Å². The van der Waals surface area contributed by atoms with E-state index in [1.54, 1.807) is 41.8 Å². The van der Waals surface area contributed by atoms with Gasteiger partial charge in [-0.1, -0.05) is 11.6 Å². The lowest BCUT2D eigenvalue weighted by atomic mass is 10.1. The van der Waals surface area contributed by atoms with Crippen molar-refractivity contribution in [3.05, 3.63) is 58.2 Å². The third-order valence-electron chi connectivity index (χ3n) is 3.40. The summed E-state index contributed by atoms with van der Waals surface area (Å²) in [6, 6.07) is 8.85. The van der Waals surface area contributed by atoms with Crippen LogP contribution < -0.4 is 4.74 Å². The van der Waals surface area contributed by atoms with Crippen molar-refractivity contribution in [2.24, 2.45) is 0 Å². The Morgan fingerprint density at radius 3 is 2.60 bits per heavy atom. The van der Waals surface area contributed by atoms with Crippen LogP contribution >= 0.6 is 22.9 Å². The van der Waals surface area contributed by atoms with Gasteiger partial charge in [-0.05, 0) is 56.5 Å². The Morgan fingerprint density at radius 2 is 1.92 bits per heavy atom. The second-order valence-electron chi connectivity index (χ2n) is 6.55. The number of nitrogens with zero attached hydrogens (tertiary/aromatic N) is 1. The number of pyridine rings is 1. The summed E-state index contributed by atoms with van der Waals surface area (Å²) in [7, 11) is 0. The van der Waals surface area contributed by atoms with E-state index in [1.165, 1.54) is 0 Å². The number of rotatable bonds is 4. The fraction of sp³-hybridized carbons (Fsp3) is 0.263. The summed E-state index contributed by atoms with van der Waals surface area (Å²) in [5, 5.41) is 3.44. The Balaban J connectivity index is 1.68. The van der Waals surface area contributed by atoms with E-state index in [2.05, 4.69) is 4.98 Å². The van der Waals surface area contributed by atoms with E-state index < -0.39 is 5.60 Å². The molecule has 6 heteroatoms. The van der Waals surface area contributed by atoms with Gasteiger partial charge >= 0.3 is 5.97 Å². The van der Waals surface area contributed by atoms with E-state index in [9.17, 15) is 4.79 Å². The Hall–Kier alpha value is -2.11. The molecule has 2 heterocycles. The molecule has 25 heavy (non-hydrogen) atoms. The molecule has 0 aliphatic carbocycles. The Bertz CT molecular complexity index is 897. The maximum atomic E-state index is 12.0. The normalized spacial score (nSPS) is 11.5. The van der Waals surface area contributed by atoms with Crippen molar-refractivity contribution in [2.45, 2.75) is 33.0 Å². The molecular weight excluding hydrogens is 358 g/mol. The van der Waals surface area contributed by atoms with Crippen molar-refractivity contribution >= 4 is 39.0 Å². The van der Waals surface area contributed by atoms with Crippen molar-refractivity contribution < 1.29 is 14.3 Å². The average molecular weight is 376 g/mol. The maximum Gasteiger partial charge on any atom is 0.338 e. The van der Waals surface area contributed by atoms with Gasteiger partial charge in [0.05, 0.1) is 5.56 Å². The molecule has 0 atom stereocenters. The summed E-state index contributed by atoms with van der Waals surface area (Å²) in [5.41, 5.74) is 0.976. The highest BCUT2D eigenvalue weighted by molar-refractivity contribution is 7.17. The second-order valence-corrected chi connectivity index (χ2v) is 7.82. The van der Waals surface area contributed by atoms with Gasteiger partial charge in [0.15, 0.2) is 0 Å². The Morgan fingerprint density at radius 1 is 1.20 bits per heavy atom. The molecule has 3 rings (SSSR count). The van der Waals surface area contributed by atoms with Crippen molar-refractivity contribution in [1.29, 1.82) is 0 Å². The zero-order valence-corrected chi connectivity index (χ0v) is 15.8. The minimum Gasteiger partial charge on any atom is -0.489 e. The first-order chi connectivity index (χ1) is 11.8. The third kappa shape index (κ3) is 4.30. The third-order valence-corrected chi connectivity index (χ3v) is 4.68. The van der Waals surface area contributed by atoms with Gasteiger partial charge in [0.1, 0.15) is 23.1 Å². The maximum absolute atomic E-state index is 12.0. The van der Waals surface area contributed by atoms with Crippen LogP contribution in [0.15, 0.2) is 41.9 Å². The number of halogens is 1.